The number of rotatable bonds is 1. The van der Waals surface area contributed by atoms with Crippen LogP contribution in [0.2, 0.25) is 0 Å². The first-order chi connectivity index (χ1) is 7.58. The molecule has 2 aromatic carbocycles. The molecule has 0 saturated carbocycles. The zero-order valence-corrected chi connectivity index (χ0v) is 9.29. The Kier molecular flexibility index (Phi) is 2.65. The summed E-state index contributed by atoms with van der Waals surface area (Å²) in [6.07, 6.45) is 0. The maximum Gasteiger partial charge on any atom is 0.134 e. The molecule has 0 radical (unpaired) electrons. The third kappa shape index (κ3) is 1.91. The Balaban J connectivity index is 2.59. The van der Waals surface area contributed by atoms with Gasteiger partial charge in [0.15, 0.2) is 0 Å². The van der Waals surface area contributed by atoms with Gasteiger partial charge in [0.2, 0.25) is 0 Å². The molecule has 0 aromatic heterocycles. The van der Waals surface area contributed by atoms with Crippen molar-refractivity contribution in [1.29, 1.82) is 0 Å². The molecule has 0 unspecified atom stereocenters. The van der Waals surface area contributed by atoms with E-state index in [1.807, 2.05) is 32.0 Å². The Morgan fingerprint density at radius 2 is 1.62 bits per heavy atom. The highest BCUT2D eigenvalue weighted by atomic mass is 19.1. The predicted octanol–water partition coefficient (Wildman–Crippen LogP) is 3.82. The van der Waals surface area contributed by atoms with E-state index >= 15 is 0 Å². The molecule has 0 atom stereocenters. The molecule has 2 heteroatoms. The Hall–Kier alpha value is -1.83. The average molecular weight is 216 g/mol. The van der Waals surface area contributed by atoms with Crippen molar-refractivity contribution in [2.45, 2.75) is 13.8 Å². The molecule has 16 heavy (non-hydrogen) atoms. The predicted molar refractivity (Wildman–Crippen MR) is 63.0 cm³/mol. The van der Waals surface area contributed by atoms with Gasteiger partial charge in [-0.3, -0.25) is 0 Å². The van der Waals surface area contributed by atoms with E-state index in [0.29, 0.717) is 5.56 Å². The number of phenolic OH excluding ortho intramolecular Hbond substituents is 1. The fourth-order valence-electron chi connectivity index (χ4n) is 1.84. The van der Waals surface area contributed by atoms with Crippen LogP contribution in [0.25, 0.3) is 11.1 Å². The molecular weight excluding hydrogens is 203 g/mol. The van der Waals surface area contributed by atoms with Crippen LogP contribution in [0.3, 0.4) is 0 Å². The minimum absolute atomic E-state index is 0.0500. The van der Waals surface area contributed by atoms with Crippen LogP contribution in [0.15, 0.2) is 36.4 Å². The highest BCUT2D eigenvalue weighted by Gasteiger charge is 2.08. The number of aromatic hydroxyl groups is 1. The first kappa shape index (κ1) is 10.7. The summed E-state index contributed by atoms with van der Waals surface area (Å²) in [7, 11) is 0. The summed E-state index contributed by atoms with van der Waals surface area (Å²) in [4.78, 5) is 0. The van der Waals surface area contributed by atoms with E-state index in [2.05, 4.69) is 0 Å². The lowest BCUT2D eigenvalue weighted by molar-refractivity contribution is 0.469. The summed E-state index contributed by atoms with van der Waals surface area (Å²) >= 11 is 0. The van der Waals surface area contributed by atoms with E-state index in [9.17, 15) is 4.39 Å². The minimum Gasteiger partial charge on any atom is -0.508 e. The Labute approximate surface area is 94.2 Å². The molecule has 0 fully saturated rings. The van der Waals surface area contributed by atoms with Crippen LogP contribution in [0, 0.1) is 19.7 Å². The number of halogens is 1. The van der Waals surface area contributed by atoms with Crippen molar-refractivity contribution in [1.82, 2.24) is 0 Å². The first-order valence-electron chi connectivity index (χ1n) is 5.14. The van der Waals surface area contributed by atoms with Gasteiger partial charge in [-0.05, 0) is 37.1 Å². The van der Waals surface area contributed by atoms with E-state index in [0.717, 1.165) is 22.8 Å². The standard InChI is InChI=1S/C14H13FO/c1-9-3-5-12(10(2)7-9)13-6-4-11(16)8-14(13)15/h3-8,16H,1-2H3. The van der Waals surface area contributed by atoms with Crippen LogP contribution in [-0.2, 0) is 0 Å². The maximum absolute atomic E-state index is 13.7. The topological polar surface area (TPSA) is 20.2 Å². The van der Waals surface area contributed by atoms with E-state index in [1.54, 1.807) is 6.07 Å². The second-order valence-electron chi connectivity index (χ2n) is 3.98. The third-order valence-electron chi connectivity index (χ3n) is 2.62. The number of benzene rings is 2. The van der Waals surface area contributed by atoms with Crippen molar-refractivity contribution in [3.63, 3.8) is 0 Å². The van der Waals surface area contributed by atoms with Crippen molar-refractivity contribution in [2.75, 3.05) is 0 Å². The van der Waals surface area contributed by atoms with Crippen LogP contribution in [-0.4, -0.2) is 5.11 Å². The summed E-state index contributed by atoms with van der Waals surface area (Å²) in [6, 6.07) is 10.1. The molecule has 2 aromatic rings. The summed E-state index contributed by atoms with van der Waals surface area (Å²) in [5.41, 5.74) is 3.57. The molecule has 1 nitrogen and oxygen atoms in total. The highest BCUT2D eigenvalue weighted by molar-refractivity contribution is 5.68. The van der Waals surface area contributed by atoms with Crippen LogP contribution >= 0.6 is 0 Å². The highest BCUT2D eigenvalue weighted by Crippen LogP contribution is 2.28. The van der Waals surface area contributed by atoms with Crippen LogP contribution in [0.5, 0.6) is 5.75 Å². The first-order valence-corrected chi connectivity index (χ1v) is 5.14. The summed E-state index contributed by atoms with van der Waals surface area (Å²) < 4.78 is 13.7. The second kappa shape index (κ2) is 3.97. The van der Waals surface area contributed by atoms with Gasteiger partial charge >= 0.3 is 0 Å². The number of hydrogen-bond donors (Lipinski definition) is 1. The van der Waals surface area contributed by atoms with Crippen molar-refractivity contribution >= 4 is 0 Å². The largest absolute Gasteiger partial charge is 0.508 e. The van der Waals surface area contributed by atoms with Crippen LogP contribution < -0.4 is 0 Å². The maximum atomic E-state index is 13.7. The van der Waals surface area contributed by atoms with E-state index < -0.39 is 5.82 Å². The molecule has 0 saturated heterocycles. The van der Waals surface area contributed by atoms with Gasteiger partial charge in [-0.15, -0.1) is 0 Å². The molecule has 0 spiro atoms. The number of hydrogen-bond acceptors (Lipinski definition) is 1. The van der Waals surface area contributed by atoms with Gasteiger partial charge in [-0.25, -0.2) is 4.39 Å². The molecule has 0 heterocycles. The fraction of sp³-hybridized carbons (Fsp3) is 0.143. The zero-order valence-electron chi connectivity index (χ0n) is 9.29. The summed E-state index contributed by atoms with van der Waals surface area (Å²) in [5, 5.41) is 9.16. The van der Waals surface area contributed by atoms with E-state index in [-0.39, 0.29) is 5.75 Å². The van der Waals surface area contributed by atoms with Crippen molar-refractivity contribution in [2.24, 2.45) is 0 Å². The smallest absolute Gasteiger partial charge is 0.134 e. The van der Waals surface area contributed by atoms with Gasteiger partial charge in [0.05, 0.1) is 0 Å². The second-order valence-corrected chi connectivity index (χ2v) is 3.98. The Morgan fingerprint density at radius 1 is 0.938 bits per heavy atom. The van der Waals surface area contributed by atoms with Gasteiger partial charge in [0.25, 0.3) is 0 Å². The lowest BCUT2D eigenvalue weighted by Gasteiger charge is -2.08. The lowest BCUT2D eigenvalue weighted by atomic mass is 9.98. The quantitative estimate of drug-likeness (QED) is 0.768. The van der Waals surface area contributed by atoms with Gasteiger partial charge in [0.1, 0.15) is 11.6 Å². The monoisotopic (exact) mass is 216 g/mol. The Bertz CT molecular complexity index is 483. The molecular formula is C14H13FO. The Morgan fingerprint density at radius 3 is 2.25 bits per heavy atom. The van der Waals surface area contributed by atoms with Gasteiger partial charge in [-0.2, -0.15) is 0 Å². The normalized spacial score (nSPS) is 10.4. The van der Waals surface area contributed by atoms with E-state index in [4.69, 9.17) is 5.11 Å². The molecule has 0 bridgehead atoms. The van der Waals surface area contributed by atoms with Gasteiger partial charge in [-0.1, -0.05) is 23.8 Å². The number of aryl methyl sites for hydroxylation is 2. The fourth-order valence-corrected chi connectivity index (χ4v) is 1.84. The third-order valence-corrected chi connectivity index (χ3v) is 2.62. The van der Waals surface area contributed by atoms with E-state index in [1.165, 1.54) is 6.07 Å². The van der Waals surface area contributed by atoms with Gasteiger partial charge < -0.3 is 5.11 Å². The van der Waals surface area contributed by atoms with Crippen LogP contribution in [0.4, 0.5) is 4.39 Å². The van der Waals surface area contributed by atoms with Crippen molar-refractivity contribution in [3.05, 3.63) is 53.3 Å². The molecule has 0 aliphatic rings. The van der Waals surface area contributed by atoms with Crippen LogP contribution in [0.1, 0.15) is 11.1 Å². The lowest BCUT2D eigenvalue weighted by Crippen LogP contribution is -1.88. The zero-order chi connectivity index (χ0) is 11.7. The average Bonchev–Trinajstić information content (AvgIpc) is 2.19. The molecule has 0 amide bonds. The number of phenols is 1. The summed E-state index contributed by atoms with van der Waals surface area (Å²) in [5.74, 6) is -0.446. The SMILES string of the molecule is Cc1ccc(-c2ccc(O)cc2F)c(C)c1. The molecule has 0 aliphatic carbocycles. The molecule has 82 valence electrons. The minimum atomic E-state index is -0.396. The molecule has 2 rings (SSSR count). The molecule has 1 N–H and O–H groups in total. The van der Waals surface area contributed by atoms with Crippen molar-refractivity contribution in [3.8, 4) is 16.9 Å². The molecule has 0 aliphatic heterocycles. The van der Waals surface area contributed by atoms with Gasteiger partial charge in [0, 0.05) is 11.6 Å². The summed E-state index contributed by atoms with van der Waals surface area (Å²) in [6.45, 7) is 3.96. The van der Waals surface area contributed by atoms with Crippen molar-refractivity contribution < 1.29 is 9.50 Å².